The number of nitrogens with zero attached hydrogens (tertiary/aromatic N) is 1. The molecule has 2 N–H and O–H groups in total. The molecule has 1 aliphatic heterocycles. The van der Waals surface area contributed by atoms with Crippen molar-refractivity contribution < 1.29 is 14.7 Å². The van der Waals surface area contributed by atoms with Crippen molar-refractivity contribution in [2.24, 2.45) is 0 Å². The van der Waals surface area contributed by atoms with Crippen molar-refractivity contribution >= 4 is 27.7 Å². The Morgan fingerprint density at radius 1 is 1.37 bits per heavy atom. The molecule has 1 aromatic rings. The van der Waals surface area contributed by atoms with E-state index in [9.17, 15) is 14.7 Å². The first-order valence-electron chi connectivity index (χ1n) is 6.06. The highest BCUT2D eigenvalue weighted by Gasteiger charge is 2.24. The van der Waals surface area contributed by atoms with E-state index in [0.717, 1.165) is 4.47 Å². The maximum absolute atomic E-state index is 11.8. The SMILES string of the molecule is O=C(NCC(=O)N1CC[C@@H](O)C1)c1ccc(Br)cc1. The average molecular weight is 327 g/mol. The summed E-state index contributed by atoms with van der Waals surface area (Å²) in [5.74, 6) is -0.442. The molecule has 5 nitrogen and oxygen atoms in total. The smallest absolute Gasteiger partial charge is 0.251 e. The van der Waals surface area contributed by atoms with Gasteiger partial charge in [0.2, 0.25) is 5.91 Å². The van der Waals surface area contributed by atoms with Gasteiger partial charge in [0.25, 0.3) is 5.91 Å². The maximum Gasteiger partial charge on any atom is 0.251 e. The van der Waals surface area contributed by atoms with Crippen molar-refractivity contribution in [3.63, 3.8) is 0 Å². The Morgan fingerprint density at radius 3 is 2.63 bits per heavy atom. The topological polar surface area (TPSA) is 69.6 Å². The molecule has 2 amide bonds. The van der Waals surface area contributed by atoms with Gasteiger partial charge in [-0.05, 0) is 30.7 Å². The molecule has 0 aromatic heterocycles. The minimum atomic E-state index is -0.439. The summed E-state index contributed by atoms with van der Waals surface area (Å²) in [6.45, 7) is 0.864. The fourth-order valence-electron chi connectivity index (χ4n) is 1.94. The van der Waals surface area contributed by atoms with E-state index in [4.69, 9.17) is 0 Å². The molecule has 1 fully saturated rings. The fourth-order valence-corrected chi connectivity index (χ4v) is 2.20. The number of halogens is 1. The van der Waals surface area contributed by atoms with Gasteiger partial charge >= 0.3 is 0 Å². The van der Waals surface area contributed by atoms with E-state index in [1.54, 1.807) is 29.2 Å². The van der Waals surface area contributed by atoms with Crippen LogP contribution in [0, 0.1) is 0 Å². The third kappa shape index (κ3) is 3.78. The van der Waals surface area contributed by atoms with Gasteiger partial charge in [0.1, 0.15) is 0 Å². The molecule has 1 atom stereocenters. The molecule has 0 spiro atoms. The summed E-state index contributed by atoms with van der Waals surface area (Å²) in [4.78, 5) is 25.1. The molecule has 1 aromatic carbocycles. The zero-order valence-electron chi connectivity index (χ0n) is 10.3. The Balaban J connectivity index is 1.83. The molecule has 2 rings (SSSR count). The van der Waals surface area contributed by atoms with Crippen molar-refractivity contribution in [1.82, 2.24) is 10.2 Å². The van der Waals surface area contributed by atoms with E-state index < -0.39 is 6.10 Å². The number of hydrogen-bond acceptors (Lipinski definition) is 3. The van der Waals surface area contributed by atoms with Crippen molar-refractivity contribution in [1.29, 1.82) is 0 Å². The highest BCUT2D eigenvalue weighted by atomic mass is 79.9. The van der Waals surface area contributed by atoms with E-state index in [-0.39, 0.29) is 18.4 Å². The standard InChI is InChI=1S/C13H15BrN2O3/c14-10-3-1-9(2-4-10)13(19)15-7-12(18)16-6-5-11(17)8-16/h1-4,11,17H,5-8H2,(H,15,19)/t11-/m1/s1. The summed E-state index contributed by atoms with van der Waals surface area (Å²) in [7, 11) is 0. The normalized spacial score (nSPS) is 18.4. The van der Waals surface area contributed by atoms with E-state index in [1.165, 1.54) is 0 Å². The lowest BCUT2D eigenvalue weighted by atomic mass is 10.2. The maximum atomic E-state index is 11.8. The monoisotopic (exact) mass is 326 g/mol. The number of likely N-dealkylation sites (tertiary alicyclic amines) is 1. The number of β-amino-alcohol motifs (C(OH)–C–C–N with tert-alkyl or cyclic N) is 1. The molecule has 0 bridgehead atoms. The number of benzene rings is 1. The Kier molecular flexibility index (Phi) is 4.55. The number of amides is 2. The minimum Gasteiger partial charge on any atom is -0.391 e. The van der Waals surface area contributed by atoms with E-state index in [2.05, 4.69) is 21.2 Å². The van der Waals surface area contributed by atoms with Gasteiger partial charge in [0.05, 0.1) is 12.6 Å². The van der Waals surface area contributed by atoms with Crippen molar-refractivity contribution in [3.05, 3.63) is 34.3 Å². The second kappa shape index (κ2) is 6.16. The largest absolute Gasteiger partial charge is 0.391 e. The lowest BCUT2D eigenvalue weighted by Crippen LogP contribution is -2.39. The number of rotatable bonds is 3. The lowest BCUT2D eigenvalue weighted by Gasteiger charge is -2.15. The molecular formula is C13H15BrN2O3. The van der Waals surface area contributed by atoms with Crippen LogP contribution in [-0.4, -0.2) is 47.6 Å². The summed E-state index contributed by atoms with van der Waals surface area (Å²) in [6, 6.07) is 6.91. The first-order valence-corrected chi connectivity index (χ1v) is 6.85. The Hall–Kier alpha value is -1.40. The summed E-state index contributed by atoms with van der Waals surface area (Å²) >= 11 is 3.29. The first kappa shape index (κ1) is 14.0. The number of aliphatic hydroxyl groups excluding tert-OH is 1. The summed E-state index contributed by atoms with van der Waals surface area (Å²) < 4.78 is 0.895. The molecule has 19 heavy (non-hydrogen) atoms. The van der Waals surface area contributed by atoms with Crippen LogP contribution >= 0.6 is 15.9 Å². The summed E-state index contributed by atoms with van der Waals surface area (Å²) in [5, 5.41) is 11.9. The first-order chi connectivity index (χ1) is 9.06. The zero-order chi connectivity index (χ0) is 13.8. The van der Waals surface area contributed by atoms with Gasteiger partial charge in [0.15, 0.2) is 0 Å². The van der Waals surface area contributed by atoms with Gasteiger partial charge in [-0.3, -0.25) is 9.59 Å². The number of carbonyl (C=O) groups excluding carboxylic acids is 2. The Morgan fingerprint density at radius 2 is 2.05 bits per heavy atom. The van der Waals surface area contributed by atoms with Gasteiger partial charge < -0.3 is 15.3 Å². The predicted octanol–water partition coefficient (Wildman–Crippen LogP) is 0.772. The van der Waals surface area contributed by atoms with Crippen molar-refractivity contribution in [2.75, 3.05) is 19.6 Å². The van der Waals surface area contributed by atoms with Gasteiger partial charge in [-0.25, -0.2) is 0 Å². The molecule has 0 aliphatic carbocycles. The van der Waals surface area contributed by atoms with Crippen LogP contribution in [0.3, 0.4) is 0 Å². The third-order valence-electron chi connectivity index (χ3n) is 3.02. The predicted molar refractivity (Wildman–Crippen MR) is 73.7 cm³/mol. The molecule has 1 saturated heterocycles. The Labute approximate surface area is 119 Å². The zero-order valence-corrected chi connectivity index (χ0v) is 11.9. The molecule has 1 heterocycles. The van der Waals surface area contributed by atoms with Crippen LogP contribution in [0.2, 0.25) is 0 Å². The van der Waals surface area contributed by atoms with Crippen LogP contribution in [0.15, 0.2) is 28.7 Å². The molecule has 0 saturated carbocycles. The van der Waals surface area contributed by atoms with Crippen molar-refractivity contribution in [2.45, 2.75) is 12.5 Å². The van der Waals surface area contributed by atoms with E-state index in [1.807, 2.05) is 0 Å². The van der Waals surface area contributed by atoms with E-state index >= 15 is 0 Å². The number of hydrogen-bond donors (Lipinski definition) is 2. The highest BCUT2D eigenvalue weighted by molar-refractivity contribution is 9.10. The summed E-state index contributed by atoms with van der Waals surface area (Å²) in [5.41, 5.74) is 0.512. The third-order valence-corrected chi connectivity index (χ3v) is 3.55. The second-order valence-electron chi connectivity index (χ2n) is 4.47. The summed E-state index contributed by atoms with van der Waals surface area (Å²) in [6.07, 6.45) is 0.165. The van der Waals surface area contributed by atoms with Crippen LogP contribution < -0.4 is 5.32 Å². The molecule has 0 unspecified atom stereocenters. The van der Waals surface area contributed by atoms with Crippen LogP contribution in [0.1, 0.15) is 16.8 Å². The number of aliphatic hydroxyl groups is 1. The van der Waals surface area contributed by atoms with Gasteiger partial charge in [0, 0.05) is 23.1 Å². The van der Waals surface area contributed by atoms with Gasteiger partial charge in [-0.15, -0.1) is 0 Å². The van der Waals surface area contributed by atoms with Crippen LogP contribution in [0.4, 0.5) is 0 Å². The van der Waals surface area contributed by atoms with E-state index in [0.29, 0.717) is 25.1 Å². The van der Waals surface area contributed by atoms with Crippen molar-refractivity contribution in [3.8, 4) is 0 Å². The second-order valence-corrected chi connectivity index (χ2v) is 5.39. The quantitative estimate of drug-likeness (QED) is 0.862. The minimum absolute atomic E-state index is 0.0401. The molecule has 0 radical (unpaired) electrons. The van der Waals surface area contributed by atoms with Crippen LogP contribution in [0.5, 0.6) is 0 Å². The lowest BCUT2D eigenvalue weighted by molar-refractivity contribution is -0.129. The molecule has 102 valence electrons. The average Bonchev–Trinajstić information content (AvgIpc) is 2.83. The number of nitrogens with one attached hydrogen (secondary N) is 1. The molecular weight excluding hydrogens is 312 g/mol. The Bertz CT molecular complexity index is 475. The molecule has 6 heteroatoms. The fraction of sp³-hybridized carbons (Fsp3) is 0.385. The molecule has 1 aliphatic rings. The number of carbonyl (C=O) groups is 2. The van der Waals surface area contributed by atoms with Gasteiger partial charge in [-0.1, -0.05) is 15.9 Å². The van der Waals surface area contributed by atoms with Crippen LogP contribution in [0.25, 0.3) is 0 Å². The highest BCUT2D eigenvalue weighted by Crippen LogP contribution is 2.11. The van der Waals surface area contributed by atoms with Crippen LogP contribution in [-0.2, 0) is 4.79 Å². The van der Waals surface area contributed by atoms with Gasteiger partial charge in [-0.2, -0.15) is 0 Å².